The molecule has 0 heterocycles. The molecular weight excluding hydrogens is 190 g/mol. The first-order valence-electron chi connectivity index (χ1n) is 5.95. The van der Waals surface area contributed by atoms with Crippen LogP contribution in [0.2, 0.25) is 0 Å². The quantitative estimate of drug-likeness (QED) is 0.219. The summed E-state index contributed by atoms with van der Waals surface area (Å²) < 4.78 is 0. The lowest BCUT2D eigenvalue weighted by Gasteiger charge is -2.21. The van der Waals surface area contributed by atoms with Gasteiger partial charge in [-0.05, 0) is 19.8 Å². The predicted octanol–water partition coefficient (Wildman–Crippen LogP) is 1.82. The Kier molecular flexibility index (Phi) is 5.47. The fourth-order valence-corrected chi connectivity index (χ4v) is 2.26. The van der Waals surface area contributed by atoms with E-state index < -0.39 is 0 Å². The maximum absolute atomic E-state index is 8.47. The first kappa shape index (κ1) is 12.3. The lowest BCUT2D eigenvalue weighted by Crippen LogP contribution is -2.38. The van der Waals surface area contributed by atoms with Crippen molar-refractivity contribution in [1.82, 2.24) is 5.32 Å². The largest absolute Gasteiger partial charge is 0.409 e. The van der Waals surface area contributed by atoms with E-state index in [4.69, 9.17) is 10.9 Å². The van der Waals surface area contributed by atoms with Gasteiger partial charge in [0.1, 0.15) is 5.84 Å². The van der Waals surface area contributed by atoms with Gasteiger partial charge in [-0.15, -0.1) is 0 Å². The molecule has 88 valence electrons. The van der Waals surface area contributed by atoms with E-state index in [9.17, 15) is 0 Å². The van der Waals surface area contributed by atoms with E-state index in [-0.39, 0.29) is 0 Å². The third kappa shape index (κ3) is 5.02. The van der Waals surface area contributed by atoms with Crippen molar-refractivity contribution in [3.8, 4) is 0 Å². The Morgan fingerprint density at radius 3 is 2.53 bits per heavy atom. The normalized spacial score (nSPS) is 22.3. The maximum atomic E-state index is 8.47. The molecule has 1 aliphatic rings. The number of rotatable bonds is 4. The summed E-state index contributed by atoms with van der Waals surface area (Å²) in [6, 6.07) is 0.915. The van der Waals surface area contributed by atoms with Gasteiger partial charge in [0.2, 0.25) is 0 Å². The molecule has 0 spiro atoms. The Morgan fingerprint density at radius 2 is 2.00 bits per heavy atom. The molecule has 1 aliphatic carbocycles. The van der Waals surface area contributed by atoms with Gasteiger partial charge in [0.25, 0.3) is 0 Å². The van der Waals surface area contributed by atoms with Crippen molar-refractivity contribution in [3.63, 3.8) is 0 Å². The maximum Gasteiger partial charge on any atom is 0.140 e. The average Bonchev–Trinajstić information content (AvgIpc) is 2.46. The first-order valence-corrected chi connectivity index (χ1v) is 5.95. The Labute approximate surface area is 91.9 Å². The van der Waals surface area contributed by atoms with Gasteiger partial charge in [-0.25, -0.2) is 0 Å². The second kappa shape index (κ2) is 6.67. The number of hydrogen-bond acceptors (Lipinski definition) is 3. The summed E-state index contributed by atoms with van der Waals surface area (Å²) in [6.45, 7) is 2.09. The Hall–Kier alpha value is -0.770. The van der Waals surface area contributed by atoms with Crippen LogP contribution in [0.25, 0.3) is 0 Å². The average molecular weight is 213 g/mol. The zero-order chi connectivity index (χ0) is 11.1. The van der Waals surface area contributed by atoms with E-state index in [2.05, 4.69) is 17.4 Å². The highest BCUT2D eigenvalue weighted by Crippen LogP contribution is 2.17. The molecule has 15 heavy (non-hydrogen) atoms. The van der Waals surface area contributed by atoms with Gasteiger partial charge in [0.05, 0.1) is 0 Å². The molecule has 0 aromatic carbocycles. The molecule has 1 unspecified atom stereocenters. The van der Waals surface area contributed by atoms with Crippen LogP contribution < -0.4 is 11.1 Å². The molecule has 4 heteroatoms. The van der Waals surface area contributed by atoms with Crippen LogP contribution in [0.15, 0.2) is 5.16 Å². The number of hydrogen-bond donors (Lipinski definition) is 3. The van der Waals surface area contributed by atoms with Crippen LogP contribution in [0, 0.1) is 0 Å². The molecular formula is C11H23N3O. The van der Waals surface area contributed by atoms with Gasteiger partial charge in [-0.1, -0.05) is 30.8 Å². The highest BCUT2D eigenvalue weighted by molar-refractivity contribution is 5.80. The SMILES string of the molecule is CC(CC(N)=NO)NC1CCCCCC1. The summed E-state index contributed by atoms with van der Waals surface area (Å²) in [5.41, 5.74) is 5.47. The molecule has 0 aromatic rings. The molecule has 0 aliphatic heterocycles. The van der Waals surface area contributed by atoms with Crippen molar-refractivity contribution in [2.75, 3.05) is 0 Å². The third-order valence-electron chi connectivity index (χ3n) is 3.02. The molecule has 0 radical (unpaired) electrons. The van der Waals surface area contributed by atoms with Gasteiger partial charge >= 0.3 is 0 Å². The van der Waals surface area contributed by atoms with Gasteiger partial charge in [-0.3, -0.25) is 0 Å². The molecule has 1 saturated carbocycles. The Bertz CT molecular complexity index is 198. The fourth-order valence-electron chi connectivity index (χ4n) is 2.26. The molecule has 0 amide bonds. The molecule has 1 rings (SSSR count). The summed E-state index contributed by atoms with van der Waals surface area (Å²) in [6.07, 6.45) is 8.54. The van der Waals surface area contributed by atoms with Crippen molar-refractivity contribution in [2.24, 2.45) is 10.9 Å². The minimum atomic E-state index is 0.295. The molecule has 1 atom stereocenters. The number of oxime groups is 1. The Balaban J connectivity index is 2.26. The lowest BCUT2D eigenvalue weighted by atomic mass is 10.1. The molecule has 1 fully saturated rings. The van der Waals surface area contributed by atoms with Crippen LogP contribution >= 0.6 is 0 Å². The zero-order valence-corrected chi connectivity index (χ0v) is 9.58. The van der Waals surface area contributed by atoms with Crippen LogP contribution in [-0.2, 0) is 0 Å². The standard InChI is InChI=1S/C11H23N3O/c1-9(8-11(12)14-15)13-10-6-4-2-3-5-7-10/h9-10,13,15H,2-8H2,1H3,(H2,12,14). The smallest absolute Gasteiger partial charge is 0.140 e. The Morgan fingerprint density at radius 1 is 1.40 bits per heavy atom. The van der Waals surface area contributed by atoms with Gasteiger partial charge < -0.3 is 16.3 Å². The molecule has 4 nitrogen and oxygen atoms in total. The highest BCUT2D eigenvalue weighted by Gasteiger charge is 2.14. The molecule has 4 N–H and O–H groups in total. The molecule has 0 saturated heterocycles. The minimum absolute atomic E-state index is 0.295. The fraction of sp³-hybridized carbons (Fsp3) is 0.909. The second-order valence-corrected chi connectivity index (χ2v) is 4.55. The van der Waals surface area contributed by atoms with Crippen molar-refractivity contribution >= 4 is 5.84 Å². The van der Waals surface area contributed by atoms with Crippen molar-refractivity contribution in [2.45, 2.75) is 64.0 Å². The third-order valence-corrected chi connectivity index (χ3v) is 3.02. The van der Waals surface area contributed by atoms with Crippen molar-refractivity contribution in [1.29, 1.82) is 0 Å². The first-order chi connectivity index (χ1) is 7.22. The van der Waals surface area contributed by atoms with E-state index in [1.54, 1.807) is 0 Å². The second-order valence-electron chi connectivity index (χ2n) is 4.55. The van der Waals surface area contributed by atoms with E-state index >= 15 is 0 Å². The number of amidine groups is 1. The minimum Gasteiger partial charge on any atom is -0.409 e. The van der Waals surface area contributed by atoms with Crippen LogP contribution in [0.3, 0.4) is 0 Å². The number of nitrogens with zero attached hydrogens (tertiary/aromatic N) is 1. The van der Waals surface area contributed by atoms with E-state index in [1.807, 2.05) is 0 Å². The topological polar surface area (TPSA) is 70.6 Å². The van der Waals surface area contributed by atoms with Crippen LogP contribution in [0.4, 0.5) is 0 Å². The van der Waals surface area contributed by atoms with Gasteiger partial charge in [-0.2, -0.15) is 0 Å². The monoisotopic (exact) mass is 213 g/mol. The summed E-state index contributed by atoms with van der Waals surface area (Å²) >= 11 is 0. The van der Waals surface area contributed by atoms with Gasteiger partial charge in [0, 0.05) is 18.5 Å². The summed E-state index contributed by atoms with van der Waals surface area (Å²) in [7, 11) is 0. The van der Waals surface area contributed by atoms with E-state index in [0.717, 1.165) is 0 Å². The zero-order valence-electron chi connectivity index (χ0n) is 9.58. The van der Waals surface area contributed by atoms with Crippen LogP contribution in [-0.4, -0.2) is 23.1 Å². The van der Waals surface area contributed by atoms with Crippen LogP contribution in [0.5, 0.6) is 0 Å². The molecule has 0 bridgehead atoms. The van der Waals surface area contributed by atoms with E-state index in [1.165, 1.54) is 38.5 Å². The number of nitrogens with two attached hydrogens (primary N) is 1. The lowest BCUT2D eigenvalue weighted by molar-refractivity contribution is 0.315. The predicted molar refractivity (Wildman–Crippen MR) is 62.1 cm³/mol. The van der Waals surface area contributed by atoms with Crippen molar-refractivity contribution < 1.29 is 5.21 Å². The number of nitrogens with one attached hydrogen (secondary N) is 1. The van der Waals surface area contributed by atoms with Gasteiger partial charge in [0.15, 0.2) is 0 Å². The van der Waals surface area contributed by atoms with Crippen molar-refractivity contribution in [3.05, 3.63) is 0 Å². The van der Waals surface area contributed by atoms with Crippen LogP contribution in [0.1, 0.15) is 51.9 Å². The summed E-state index contributed by atoms with van der Waals surface area (Å²) in [4.78, 5) is 0. The van der Waals surface area contributed by atoms with E-state index in [0.29, 0.717) is 24.3 Å². The summed E-state index contributed by atoms with van der Waals surface area (Å²) in [5, 5.41) is 15.0. The summed E-state index contributed by atoms with van der Waals surface area (Å²) in [5.74, 6) is 0.309. The molecule has 0 aromatic heterocycles. The highest BCUT2D eigenvalue weighted by atomic mass is 16.4.